The number of ether oxygens (including phenoxy) is 2. The Labute approximate surface area is 173 Å². The van der Waals surface area contributed by atoms with Crippen molar-refractivity contribution in [2.75, 3.05) is 23.9 Å². The van der Waals surface area contributed by atoms with E-state index in [9.17, 15) is 36.0 Å². The summed E-state index contributed by atoms with van der Waals surface area (Å²) in [6.45, 7) is 1.35. The Morgan fingerprint density at radius 1 is 1.35 bits per heavy atom. The lowest BCUT2D eigenvalue weighted by molar-refractivity contribution is -0.139. The molecule has 2 aromatic rings. The number of hydrogen-bond donors (Lipinski definition) is 1. The number of sulfonamides is 1. The third-order valence-corrected chi connectivity index (χ3v) is 5.49. The highest BCUT2D eigenvalue weighted by atomic mass is 32.2. The maximum Gasteiger partial charge on any atom is 0.444 e. The van der Waals surface area contributed by atoms with Gasteiger partial charge in [0.25, 0.3) is 15.6 Å². The van der Waals surface area contributed by atoms with Crippen molar-refractivity contribution < 1.29 is 35.9 Å². The first-order valence-electron chi connectivity index (χ1n) is 9.05. The highest BCUT2D eigenvalue weighted by Gasteiger charge is 2.38. The average molecular weight is 465 g/mol. The van der Waals surface area contributed by atoms with Gasteiger partial charge in [-0.15, -0.1) is 4.68 Å². The van der Waals surface area contributed by atoms with Gasteiger partial charge >= 0.3 is 18.0 Å². The summed E-state index contributed by atoms with van der Waals surface area (Å²) < 4.78 is 74.7. The molecule has 3 rings (SSSR count). The molecule has 1 aromatic carbocycles. The first-order chi connectivity index (χ1) is 14.4. The molecule has 0 aliphatic carbocycles. The molecule has 10 nitrogen and oxygen atoms in total. The number of nitrogens with zero attached hydrogens (tertiary/aromatic N) is 2. The predicted octanol–water partition coefficient (Wildman–Crippen LogP) is 1.61. The van der Waals surface area contributed by atoms with Crippen molar-refractivity contribution >= 4 is 27.0 Å². The molecule has 1 aromatic heterocycles. The Morgan fingerprint density at radius 2 is 2.03 bits per heavy atom. The zero-order valence-electron chi connectivity index (χ0n) is 16.4. The van der Waals surface area contributed by atoms with Gasteiger partial charge in [0.05, 0.1) is 35.4 Å². The van der Waals surface area contributed by atoms with Gasteiger partial charge < -0.3 is 14.5 Å². The van der Waals surface area contributed by atoms with Crippen molar-refractivity contribution in [2.45, 2.75) is 32.0 Å². The SMILES string of the molecule is CCOC(=O)N(n1c(=O)[nH]c2cc(C(F)(F)F)c([C@H]3CCCO3)cc2c1=O)S(C)(=O)=O. The largest absolute Gasteiger partial charge is 0.448 e. The van der Waals surface area contributed by atoms with Crippen LogP contribution in [0, 0.1) is 0 Å². The van der Waals surface area contributed by atoms with Crippen LogP contribution in [0.1, 0.15) is 37.0 Å². The van der Waals surface area contributed by atoms with Gasteiger partial charge in [0.1, 0.15) is 0 Å². The normalized spacial score (nSPS) is 17.1. The minimum atomic E-state index is -4.80. The summed E-state index contributed by atoms with van der Waals surface area (Å²) in [6.07, 6.45) is -5.90. The van der Waals surface area contributed by atoms with Gasteiger partial charge in [-0.25, -0.2) is 18.0 Å². The molecule has 0 saturated carbocycles. The Morgan fingerprint density at radius 3 is 2.55 bits per heavy atom. The monoisotopic (exact) mass is 465 g/mol. The molecule has 1 fully saturated rings. The van der Waals surface area contributed by atoms with Crippen molar-refractivity contribution in [3.8, 4) is 0 Å². The summed E-state index contributed by atoms with van der Waals surface area (Å²) in [5.74, 6) is 0. The fourth-order valence-corrected chi connectivity index (χ4v) is 4.08. The number of alkyl halides is 3. The Bertz CT molecular complexity index is 1240. The van der Waals surface area contributed by atoms with Crippen LogP contribution in [0.25, 0.3) is 10.9 Å². The second-order valence-electron chi connectivity index (χ2n) is 6.74. The van der Waals surface area contributed by atoms with E-state index in [0.717, 1.165) is 6.07 Å². The second kappa shape index (κ2) is 8.00. The lowest BCUT2D eigenvalue weighted by atomic mass is 9.97. The van der Waals surface area contributed by atoms with Crippen molar-refractivity contribution in [1.82, 2.24) is 9.66 Å². The molecule has 1 N–H and O–H groups in total. The summed E-state index contributed by atoms with van der Waals surface area (Å²) in [7, 11) is -4.51. The fraction of sp³-hybridized carbons (Fsp3) is 0.471. The number of nitrogens with one attached hydrogen (secondary N) is 1. The standard InChI is InChI=1S/C17H18F3N3O7S/c1-3-29-16(26)23(31(2,27)28)22-14(24)10-7-9(13-5-4-6-30-13)11(17(18,19)20)8-12(10)21-15(22)25/h7-8,13H,3-6H2,1-2H3,(H,21,25)/t13-/m1/s1. The fourth-order valence-electron chi connectivity index (χ4n) is 3.32. The Kier molecular flexibility index (Phi) is 5.88. The third kappa shape index (κ3) is 4.30. The van der Waals surface area contributed by atoms with Crippen LogP contribution in [0.4, 0.5) is 18.0 Å². The zero-order valence-corrected chi connectivity index (χ0v) is 17.2. The molecular weight excluding hydrogens is 447 g/mol. The molecular formula is C17H18F3N3O7S. The smallest absolute Gasteiger partial charge is 0.444 e. The van der Waals surface area contributed by atoms with Gasteiger partial charge in [0.15, 0.2) is 0 Å². The number of amides is 1. The van der Waals surface area contributed by atoms with E-state index in [-0.39, 0.29) is 34.3 Å². The quantitative estimate of drug-likeness (QED) is 0.727. The number of rotatable bonds is 4. The Hall–Kier alpha value is -2.87. The van der Waals surface area contributed by atoms with Crippen LogP contribution in [0.5, 0.6) is 0 Å². The molecule has 1 aliphatic rings. The van der Waals surface area contributed by atoms with Gasteiger partial charge in [-0.1, -0.05) is 4.41 Å². The molecule has 1 atom stereocenters. The van der Waals surface area contributed by atoms with Gasteiger partial charge in [0, 0.05) is 6.61 Å². The average Bonchev–Trinajstić information content (AvgIpc) is 3.17. The number of aromatic amines is 1. The summed E-state index contributed by atoms with van der Waals surface area (Å²) in [6, 6.07) is 1.49. The lowest BCUT2D eigenvalue weighted by Gasteiger charge is -2.21. The first kappa shape index (κ1) is 22.8. The van der Waals surface area contributed by atoms with Crippen LogP contribution >= 0.6 is 0 Å². The van der Waals surface area contributed by atoms with E-state index in [4.69, 9.17) is 4.74 Å². The number of aromatic nitrogens is 2. The number of halogens is 3. The highest BCUT2D eigenvalue weighted by Crippen LogP contribution is 2.40. The van der Waals surface area contributed by atoms with Crippen molar-refractivity contribution in [3.63, 3.8) is 0 Å². The maximum atomic E-state index is 13.6. The van der Waals surface area contributed by atoms with Crippen LogP contribution in [-0.4, -0.2) is 43.6 Å². The van der Waals surface area contributed by atoms with E-state index in [0.29, 0.717) is 18.7 Å². The van der Waals surface area contributed by atoms with Crippen molar-refractivity contribution in [3.05, 3.63) is 44.1 Å². The molecule has 14 heteroatoms. The molecule has 0 unspecified atom stereocenters. The van der Waals surface area contributed by atoms with E-state index in [1.807, 2.05) is 4.98 Å². The first-order valence-corrected chi connectivity index (χ1v) is 10.9. The maximum absolute atomic E-state index is 13.6. The molecule has 1 amide bonds. The number of hydrogen-bond acceptors (Lipinski definition) is 7. The summed E-state index contributed by atoms with van der Waals surface area (Å²) >= 11 is 0. The molecule has 0 radical (unpaired) electrons. The van der Waals surface area contributed by atoms with E-state index < -0.39 is 56.1 Å². The number of fused-ring (bicyclic) bond motifs is 1. The topological polar surface area (TPSA) is 128 Å². The molecule has 1 aliphatic heterocycles. The van der Waals surface area contributed by atoms with Crippen LogP contribution in [0.3, 0.4) is 0 Å². The molecule has 2 heterocycles. The number of carbonyl (C=O) groups excluding carboxylic acids is 1. The van der Waals surface area contributed by atoms with E-state index in [2.05, 4.69) is 4.74 Å². The molecule has 0 spiro atoms. The lowest BCUT2D eigenvalue weighted by Crippen LogP contribution is -2.56. The van der Waals surface area contributed by atoms with Crippen molar-refractivity contribution in [2.24, 2.45) is 0 Å². The van der Waals surface area contributed by atoms with Gasteiger partial charge in [0.2, 0.25) is 0 Å². The van der Waals surface area contributed by atoms with E-state index in [1.54, 1.807) is 0 Å². The molecule has 170 valence electrons. The molecule has 1 saturated heterocycles. The summed E-state index contributed by atoms with van der Waals surface area (Å²) in [5, 5.41) is -0.434. The Balaban J connectivity index is 2.35. The number of carbonyl (C=O) groups is 1. The van der Waals surface area contributed by atoms with Crippen LogP contribution < -0.4 is 15.7 Å². The van der Waals surface area contributed by atoms with E-state index >= 15 is 0 Å². The van der Waals surface area contributed by atoms with E-state index in [1.165, 1.54) is 6.92 Å². The minimum Gasteiger partial charge on any atom is -0.448 e. The predicted molar refractivity (Wildman–Crippen MR) is 102 cm³/mol. The van der Waals surface area contributed by atoms with Gasteiger partial charge in [-0.05, 0) is 37.5 Å². The third-order valence-electron chi connectivity index (χ3n) is 4.55. The van der Waals surface area contributed by atoms with Gasteiger partial charge in [-0.3, -0.25) is 4.79 Å². The zero-order chi connectivity index (χ0) is 23.1. The van der Waals surface area contributed by atoms with Crippen LogP contribution in [0.15, 0.2) is 21.7 Å². The van der Waals surface area contributed by atoms with Crippen molar-refractivity contribution in [1.29, 1.82) is 0 Å². The summed E-state index contributed by atoms with van der Waals surface area (Å²) in [4.78, 5) is 39.6. The van der Waals surface area contributed by atoms with Gasteiger partial charge in [-0.2, -0.15) is 13.2 Å². The highest BCUT2D eigenvalue weighted by molar-refractivity contribution is 7.92. The number of benzene rings is 1. The molecule has 31 heavy (non-hydrogen) atoms. The van der Waals surface area contributed by atoms with Crippen LogP contribution in [-0.2, 0) is 25.7 Å². The number of H-pyrrole nitrogens is 1. The van der Waals surface area contributed by atoms with Crippen LogP contribution in [0.2, 0.25) is 0 Å². The summed E-state index contributed by atoms with van der Waals surface area (Å²) in [5.41, 5.74) is -4.64. The minimum absolute atomic E-state index is 0.0256. The second-order valence-corrected chi connectivity index (χ2v) is 8.55. The molecule has 0 bridgehead atoms.